The second-order valence-corrected chi connectivity index (χ2v) is 16.5. The molecule has 0 saturated heterocycles. The van der Waals surface area contributed by atoms with Gasteiger partial charge >= 0.3 is 0 Å². The molecule has 0 saturated carbocycles. The van der Waals surface area contributed by atoms with E-state index in [9.17, 15) is 10.5 Å². The van der Waals surface area contributed by atoms with Crippen molar-refractivity contribution < 1.29 is 0 Å². The van der Waals surface area contributed by atoms with E-state index in [1.807, 2.05) is 103 Å². The van der Waals surface area contributed by atoms with E-state index in [0.29, 0.717) is 22.6 Å². The molecule has 8 heteroatoms. The molecule has 0 bridgehead atoms. The number of fused-ring (bicyclic) bond motifs is 13. The van der Waals surface area contributed by atoms with Crippen LogP contribution in [0.25, 0.3) is 116 Å². The maximum atomic E-state index is 10.7. The highest BCUT2D eigenvalue weighted by atomic mass is 15.1. The molecule has 0 unspecified atom stereocenters. The normalized spacial score (nSPS) is 11.7. The number of benzene rings is 9. The van der Waals surface area contributed by atoms with Crippen LogP contribution < -0.4 is 5.73 Å². The summed E-state index contributed by atoms with van der Waals surface area (Å²) in [6.45, 7) is 0. The molecular formula is C58H34N8. The molecule has 306 valence electrons. The van der Waals surface area contributed by atoms with E-state index in [1.54, 1.807) is 0 Å². The van der Waals surface area contributed by atoms with Gasteiger partial charge in [-0.3, -0.25) is 0 Å². The van der Waals surface area contributed by atoms with Gasteiger partial charge in [0.15, 0.2) is 5.82 Å². The number of nitrogens with two attached hydrogens (primary N) is 1. The summed E-state index contributed by atoms with van der Waals surface area (Å²) in [7, 11) is 0. The number of nitriles is 2. The zero-order chi connectivity index (χ0) is 44.0. The summed E-state index contributed by atoms with van der Waals surface area (Å²) in [6.07, 6.45) is 0. The predicted molar refractivity (Wildman–Crippen MR) is 267 cm³/mol. The van der Waals surface area contributed by atoms with Crippen molar-refractivity contribution in [3.05, 3.63) is 205 Å². The van der Waals surface area contributed by atoms with Crippen LogP contribution in [0.3, 0.4) is 0 Å². The van der Waals surface area contributed by atoms with Gasteiger partial charge < -0.3 is 19.4 Å². The Morgan fingerprint density at radius 2 is 0.833 bits per heavy atom. The number of anilines is 1. The van der Waals surface area contributed by atoms with Crippen molar-refractivity contribution in [1.29, 1.82) is 10.5 Å². The van der Waals surface area contributed by atoms with E-state index in [2.05, 4.69) is 117 Å². The molecule has 0 amide bonds. The Kier molecular flexibility index (Phi) is 8.02. The molecule has 0 aliphatic heterocycles. The quantitative estimate of drug-likeness (QED) is 0.173. The van der Waals surface area contributed by atoms with Gasteiger partial charge in [0.25, 0.3) is 0 Å². The number of rotatable bonds is 5. The van der Waals surface area contributed by atoms with E-state index < -0.39 is 0 Å². The van der Waals surface area contributed by atoms with Gasteiger partial charge in [0.05, 0.1) is 78.2 Å². The molecule has 4 aromatic heterocycles. The Morgan fingerprint density at radius 1 is 0.394 bits per heavy atom. The summed E-state index contributed by atoms with van der Waals surface area (Å²) < 4.78 is 6.83. The third-order valence-corrected chi connectivity index (χ3v) is 13.0. The summed E-state index contributed by atoms with van der Waals surface area (Å²) in [6, 6.07) is 70.3. The van der Waals surface area contributed by atoms with E-state index >= 15 is 0 Å². The molecule has 13 aromatic rings. The maximum Gasteiger partial charge on any atom is 0.160 e. The fourth-order valence-corrected chi connectivity index (χ4v) is 10.3. The first kappa shape index (κ1) is 37.1. The summed E-state index contributed by atoms with van der Waals surface area (Å²) in [5, 5.41) is 28.4. The molecule has 66 heavy (non-hydrogen) atoms. The number of nitrogens with zero attached hydrogens (tertiary/aromatic N) is 7. The minimum Gasteiger partial charge on any atom is -0.397 e. The first-order valence-corrected chi connectivity index (χ1v) is 21.8. The lowest BCUT2D eigenvalue weighted by Gasteiger charge is -2.16. The van der Waals surface area contributed by atoms with Gasteiger partial charge in [0.2, 0.25) is 0 Å². The van der Waals surface area contributed by atoms with E-state index in [1.165, 1.54) is 0 Å². The average Bonchev–Trinajstić information content (AvgIpc) is 4.02. The van der Waals surface area contributed by atoms with Gasteiger partial charge in [0.1, 0.15) is 12.1 Å². The van der Waals surface area contributed by atoms with Crippen LogP contribution in [0.2, 0.25) is 0 Å². The Labute approximate surface area is 377 Å². The van der Waals surface area contributed by atoms with Crippen molar-refractivity contribution in [3.8, 4) is 51.8 Å². The highest BCUT2D eigenvalue weighted by Gasteiger charge is 2.30. The first-order valence-electron chi connectivity index (χ1n) is 21.8. The summed E-state index contributed by atoms with van der Waals surface area (Å²) in [5.41, 5.74) is 20.6. The zero-order valence-electron chi connectivity index (χ0n) is 35.2. The second kappa shape index (κ2) is 14.3. The third kappa shape index (κ3) is 5.18. The Morgan fingerprint density at radius 3 is 1.35 bits per heavy atom. The second-order valence-electron chi connectivity index (χ2n) is 16.5. The molecule has 0 fully saturated rings. The van der Waals surface area contributed by atoms with Crippen LogP contribution in [0.15, 0.2) is 194 Å². The van der Waals surface area contributed by atoms with Gasteiger partial charge in [-0.2, -0.15) is 10.5 Å². The monoisotopic (exact) mass is 842 g/mol. The van der Waals surface area contributed by atoms with Crippen molar-refractivity contribution >= 4 is 82.0 Å². The number of hydrogen-bond acceptors (Lipinski definition) is 5. The van der Waals surface area contributed by atoms with Crippen LogP contribution >= 0.6 is 0 Å². The minimum atomic E-state index is 0.556. The van der Waals surface area contributed by atoms with Crippen molar-refractivity contribution in [3.63, 3.8) is 0 Å². The number of hydrogen-bond donors (Lipinski definition) is 1. The van der Waals surface area contributed by atoms with Crippen molar-refractivity contribution in [2.75, 3.05) is 5.73 Å². The third-order valence-electron chi connectivity index (χ3n) is 13.0. The molecule has 13 rings (SSSR count). The highest BCUT2D eigenvalue weighted by molar-refractivity contribution is 6.40. The molecular weight excluding hydrogens is 809 g/mol. The highest BCUT2D eigenvalue weighted by Crippen LogP contribution is 2.51. The van der Waals surface area contributed by atoms with Crippen molar-refractivity contribution in [2.24, 2.45) is 0 Å². The molecule has 0 aliphatic carbocycles. The fourth-order valence-electron chi connectivity index (χ4n) is 10.3. The summed E-state index contributed by atoms with van der Waals surface area (Å²) in [5.74, 6) is 0.642. The summed E-state index contributed by atoms with van der Waals surface area (Å²) in [4.78, 5) is 10.1. The van der Waals surface area contributed by atoms with Gasteiger partial charge in [-0.1, -0.05) is 133 Å². The summed E-state index contributed by atoms with van der Waals surface area (Å²) >= 11 is 0. The molecule has 0 spiro atoms. The van der Waals surface area contributed by atoms with Crippen LogP contribution in [0.5, 0.6) is 0 Å². The molecule has 8 nitrogen and oxygen atoms in total. The van der Waals surface area contributed by atoms with E-state index in [-0.39, 0.29) is 0 Å². The molecule has 0 radical (unpaired) electrons. The van der Waals surface area contributed by atoms with Gasteiger partial charge in [-0.05, 0) is 60.7 Å². The lowest BCUT2D eigenvalue weighted by Crippen LogP contribution is -2.02. The van der Waals surface area contributed by atoms with Crippen molar-refractivity contribution in [2.45, 2.75) is 0 Å². The van der Waals surface area contributed by atoms with Gasteiger partial charge in [-0.15, -0.1) is 0 Å². The maximum absolute atomic E-state index is 10.7. The standard InChI is InChI=1S/C58H34N8/c59-33-37-18-4-11-25-45(37)64-47-27-13-7-21-40(47)51-55-52(41-22-8-14-28-48(41)65(55)46-26-12-5-19-38(46)34-60)57-53(56(51)64)42-23-9-15-29-49(42)66(57)50-31-30-36(32-43(50)61)54-39-20-6-10-24-44(39)62-58(63-54)35-16-2-1-3-17-35/h1-32H,61H2. The average molecular weight is 843 g/mol. The fraction of sp³-hybridized carbons (Fsp3) is 0. The van der Waals surface area contributed by atoms with Crippen LogP contribution in [-0.2, 0) is 0 Å². The smallest absolute Gasteiger partial charge is 0.160 e. The minimum absolute atomic E-state index is 0.556. The Bertz CT molecular complexity index is 4180. The first-order chi connectivity index (χ1) is 32.6. The lowest BCUT2D eigenvalue weighted by atomic mass is 10.0. The molecule has 0 aliphatic rings. The number of nitrogen functional groups attached to an aromatic ring is 1. The van der Waals surface area contributed by atoms with Gasteiger partial charge in [-0.25, -0.2) is 9.97 Å². The SMILES string of the molecule is N#Cc1ccccc1-n1c2ccccc2c2c3c(c4ccccc4n3-c3ccc(-c4nc(-c5ccccc5)nc5ccccc45)cc3N)c3c(c4ccccc4n3-c3ccccc3C#N)c21. The largest absolute Gasteiger partial charge is 0.397 e. The topological polar surface area (TPSA) is 114 Å². The molecule has 4 heterocycles. The Hall–Kier alpha value is -9.50. The van der Waals surface area contributed by atoms with Crippen LogP contribution in [0, 0.1) is 22.7 Å². The van der Waals surface area contributed by atoms with Gasteiger partial charge in [0, 0.05) is 48.8 Å². The van der Waals surface area contributed by atoms with Crippen LogP contribution in [0.4, 0.5) is 5.69 Å². The molecule has 2 N–H and O–H groups in total. The zero-order valence-corrected chi connectivity index (χ0v) is 35.2. The van der Waals surface area contributed by atoms with Crippen LogP contribution in [0.1, 0.15) is 11.1 Å². The lowest BCUT2D eigenvalue weighted by molar-refractivity contribution is 1.16. The van der Waals surface area contributed by atoms with Crippen LogP contribution in [-0.4, -0.2) is 23.7 Å². The predicted octanol–water partition coefficient (Wildman–Crippen LogP) is 13.6. The van der Waals surface area contributed by atoms with E-state index in [4.69, 9.17) is 15.7 Å². The molecule has 0 atom stereocenters. The number of aromatic nitrogens is 5. The van der Waals surface area contributed by atoms with Crippen molar-refractivity contribution in [1.82, 2.24) is 23.7 Å². The number of para-hydroxylation sites is 6. The van der Waals surface area contributed by atoms with E-state index in [0.717, 1.165) is 110 Å². The molecule has 9 aromatic carbocycles. The Balaban J connectivity index is 1.23.